The Bertz CT molecular complexity index is 593. The third-order valence-electron chi connectivity index (χ3n) is 1.99. The Kier molecular flexibility index (Phi) is 3.78. The van der Waals surface area contributed by atoms with E-state index in [0.29, 0.717) is 10.6 Å². The number of carbonyl (C=O) groups is 2. The molecule has 6 nitrogen and oxygen atoms in total. The molecule has 0 aliphatic rings. The Morgan fingerprint density at radius 1 is 1.50 bits per heavy atom. The smallest absolute Gasteiger partial charge is 0.325 e. The predicted molar refractivity (Wildman–Crippen MR) is 69.8 cm³/mol. The third-order valence-corrected chi connectivity index (χ3v) is 3.61. The second-order valence-electron chi connectivity index (χ2n) is 3.38. The van der Waals surface area contributed by atoms with Crippen molar-refractivity contribution >= 4 is 44.8 Å². The Morgan fingerprint density at radius 2 is 2.28 bits per heavy atom. The molecule has 2 N–H and O–H groups in total. The molecule has 0 bridgehead atoms. The number of carbonyl (C=O) groups excluding carboxylic acids is 1. The highest BCUT2D eigenvalue weighted by Crippen LogP contribution is 2.22. The Hall–Kier alpha value is -1.67. The average molecular weight is 330 g/mol. The first-order chi connectivity index (χ1) is 8.54. The van der Waals surface area contributed by atoms with Crippen molar-refractivity contribution in [2.24, 2.45) is 0 Å². The van der Waals surface area contributed by atoms with Gasteiger partial charge in [-0.15, -0.1) is 11.3 Å². The Morgan fingerprint density at radius 3 is 2.89 bits per heavy atom. The number of carboxylic acid groups (broad SMARTS) is 1. The van der Waals surface area contributed by atoms with Gasteiger partial charge in [0.15, 0.2) is 0 Å². The fourth-order valence-corrected chi connectivity index (χ4v) is 2.56. The van der Waals surface area contributed by atoms with Gasteiger partial charge in [0, 0.05) is 6.20 Å². The van der Waals surface area contributed by atoms with Gasteiger partial charge in [-0.1, -0.05) is 0 Å². The lowest BCUT2D eigenvalue weighted by Gasteiger charge is -1.98. The zero-order valence-electron chi connectivity index (χ0n) is 8.96. The number of anilines is 1. The van der Waals surface area contributed by atoms with Crippen molar-refractivity contribution in [2.45, 2.75) is 6.54 Å². The second-order valence-corrected chi connectivity index (χ2v) is 5.84. The van der Waals surface area contributed by atoms with Crippen molar-refractivity contribution in [2.75, 3.05) is 5.32 Å². The first-order valence-electron chi connectivity index (χ1n) is 4.85. The van der Waals surface area contributed by atoms with E-state index in [4.69, 9.17) is 5.11 Å². The van der Waals surface area contributed by atoms with Crippen molar-refractivity contribution in [1.82, 2.24) is 9.78 Å². The Balaban J connectivity index is 2.03. The number of hydrogen-bond acceptors (Lipinski definition) is 4. The van der Waals surface area contributed by atoms with E-state index in [1.807, 2.05) is 0 Å². The van der Waals surface area contributed by atoms with Crippen molar-refractivity contribution in [3.05, 3.63) is 33.2 Å². The van der Waals surface area contributed by atoms with Crippen molar-refractivity contribution in [1.29, 1.82) is 0 Å². The standard InChI is InChI=1S/C10H8BrN3O3S/c11-8-2-1-7(18-8)10(17)13-6-3-12-14(4-6)5-9(15)16/h1-4H,5H2,(H,13,17)(H,15,16). The number of aliphatic carboxylic acids is 1. The van der Waals surface area contributed by atoms with E-state index in [2.05, 4.69) is 26.3 Å². The summed E-state index contributed by atoms with van der Waals surface area (Å²) < 4.78 is 2.11. The molecular formula is C10H8BrN3O3S. The lowest BCUT2D eigenvalue weighted by molar-refractivity contribution is -0.137. The molecule has 0 unspecified atom stereocenters. The minimum atomic E-state index is -0.988. The van der Waals surface area contributed by atoms with Crippen LogP contribution >= 0.6 is 27.3 Å². The summed E-state index contributed by atoms with van der Waals surface area (Å²) in [5, 5.41) is 15.1. The van der Waals surface area contributed by atoms with E-state index >= 15 is 0 Å². The molecule has 1 amide bonds. The summed E-state index contributed by atoms with van der Waals surface area (Å²) in [7, 11) is 0. The normalized spacial score (nSPS) is 10.3. The molecule has 0 aliphatic carbocycles. The summed E-state index contributed by atoms with van der Waals surface area (Å²) >= 11 is 4.59. The van der Waals surface area contributed by atoms with Crippen LogP contribution in [-0.4, -0.2) is 26.8 Å². The largest absolute Gasteiger partial charge is 0.480 e. The van der Waals surface area contributed by atoms with Gasteiger partial charge in [0.1, 0.15) is 6.54 Å². The highest BCUT2D eigenvalue weighted by atomic mass is 79.9. The fraction of sp³-hybridized carbons (Fsp3) is 0.100. The molecule has 0 fully saturated rings. The molecule has 94 valence electrons. The first kappa shape index (κ1) is 12.8. The van der Waals surface area contributed by atoms with Gasteiger partial charge in [-0.25, -0.2) is 0 Å². The minimum Gasteiger partial charge on any atom is -0.480 e. The van der Waals surface area contributed by atoms with E-state index in [0.717, 1.165) is 3.79 Å². The van der Waals surface area contributed by atoms with Crippen LogP contribution in [0.25, 0.3) is 0 Å². The van der Waals surface area contributed by atoms with E-state index in [1.165, 1.54) is 28.4 Å². The molecule has 0 aliphatic heterocycles. The SMILES string of the molecule is O=C(O)Cn1cc(NC(=O)c2ccc(Br)s2)cn1. The minimum absolute atomic E-state index is 0.236. The van der Waals surface area contributed by atoms with Crippen molar-refractivity contribution in [3.8, 4) is 0 Å². The van der Waals surface area contributed by atoms with Crippen molar-refractivity contribution < 1.29 is 14.7 Å². The van der Waals surface area contributed by atoms with Crippen LogP contribution in [0.5, 0.6) is 0 Å². The number of carboxylic acids is 1. The highest BCUT2D eigenvalue weighted by Gasteiger charge is 2.10. The van der Waals surface area contributed by atoms with E-state index in [1.54, 1.807) is 12.1 Å². The molecule has 0 atom stereocenters. The van der Waals surface area contributed by atoms with Crippen LogP contribution in [-0.2, 0) is 11.3 Å². The van der Waals surface area contributed by atoms with Gasteiger partial charge in [-0.3, -0.25) is 14.3 Å². The number of rotatable bonds is 4. The van der Waals surface area contributed by atoms with Gasteiger partial charge in [-0.2, -0.15) is 5.10 Å². The van der Waals surface area contributed by atoms with E-state index in [9.17, 15) is 9.59 Å². The number of nitrogens with one attached hydrogen (secondary N) is 1. The molecule has 8 heteroatoms. The number of hydrogen-bond donors (Lipinski definition) is 2. The van der Waals surface area contributed by atoms with Crippen LogP contribution in [0, 0.1) is 0 Å². The molecule has 0 saturated heterocycles. The number of halogens is 1. The van der Waals surface area contributed by atoms with Gasteiger partial charge in [0.25, 0.3) is 5.91 Å². The first-order valence-corrected chi connectivity index (χ1v) is 6.46. The van der Waals surface area contributed by atoms with Crippen LogP contribution in [0.2, 0.25) is 0 Å². The topological polar surface area (TPSA) is 84.2 Å². The number of thiophene rings is 1. The summed E-state index contributed by atoms with van der Waals surface area (Å²) in [5.74, 6) is -1.24. The summed E-state index contributed by atoms with van der Waals surface area (Å²) in [4.78, 5) is 22.8. The Labute approximate surface area is 114 Å². The number of amides is 1. The molecule has 0 radical (unpaired) electrons. The van der Waals surface area contributed by atoms with Gasteiger partial charge in [-0.05, 0) is 28.1 Å². The predicted octanol–water partition coefficient (Wildman–Crippen LogP) is 2.04. The summed E-state index contributed by atoms with van der Waals surface area (Å²) in [6, 6.07) is 3.49. The summed E-state index contributed by atoms with van der Waals surface area (Å²) in [5.41, 5.74) is 0.464. The van der Waals surface area contributed by atoms with Gasteiger partial charge in [0.2, 0.25) is 0 Å². The van der Waals surface area contributed by atoms with E-state index < -0.39 is 5.97 Å². The zero-order valence-corrected chi connectivity index (χ0v) is 11.4. The van der Waals surface area contributed by atoms with Gasteiger partial charge in [0.05, 0.1) is 20.5 Å². The zero-order chi connectivity index (χ0) is 13.1. The molecule has 2 aromatic heterocycles. The van der Waals surface area contributed by atoms with Crippen LogP contribution < -0.4 is 5.32 Å². The molecule has 18 heavy (non-hydrogen) atoms. The molecular weight excluding hydrogens is 322 g/mol. The number of nitrogens with zero attached hydrogens (tertiary/aromatic N) is 2. The average Bonchev–Trinajstić information content (AvgIpc) is 2.87. The molecule has 2 rings (SSSR count). The van der Waals surface area contributed by atoms with Crippen LogP contribution in [0.1, 0.15) is 9.67 Å². The monoisotopic (exact) mass is 329 g/mol. The molecule has 0 spiro atoms. The lowest BCUT2D eigenvalue weighted by atomic mass is 10.4. The van der Waals surface area contributed by atoms with Gasteiger partial charge >= 0.3 is 5.97 Å². The highest BCUT2D eigenvalue weighted by molar-refractivity contribution is 9.11. The van der Waals surface area contributed by atoms with E-state index in [-0.39, 0.29) is 12.5 Å². The second kappa shape index (κ2) is 5.32. The molecule has 2 heterocycles. The van der Waals surface area contributed by atoms with Crippen molar-refractivity contribution in [3.63, 3.8) is 0 Å². The molecule has 2 aromatic rings. The van der Waals surface area contributed by atoms with Crippen LogP contribution in [0.15, 0.2) is 28.3 Å². The third kappa shape index (κ3) is 3.17. The summed E-state index contributed by atoms with van der Waals surface area (Å²) in [6.07, 6.45) is 2.87. The van der Waals surface area contributed by atoms with Crippen LogP contribution in [0.4, 0.5) is 5.69 Å². The quantitative estimate of drug-likeness (QED) is 0.899. The maximum absolute atomic E-state index is 11.8. The molecule has 0 saturated carbocycles. The lowest BCUT2D eigenvalue weighted by Crippen LogP contribution is -2.10. The molecule has 0 aromatic carbocycles. The fourth-order valence-electron chi connectivity index (χ4n) is 1.28. The maximum Gasteiger partial charge on any atom is 0.325 e. The van der Waals surface area contributed by atoms with Crippen LogP contribution in [0.3, 0.4) is 0 Å². The maximum atomic E-state index is 11.8. The van der Waals surface area contributed by atoms with Gasteiger partial charge < -0.3 is 10.4 Å². The number of aromatic nitrogens is 2. The summed E-state index contributed by atoms with van der Waals surface area (Å²) in [6.45, 7) is -0.236.